The molecule has 0 bridgehead atoms. The zero-order valence-electron chi connectivity index (χ0n) is 21.1. The van der Waals surface area contributed by atoms with Crippen LogP contribution in [0.2, 0.25) is 5.15 Å². The molecule has 0 unspecified atom stereocenters. The summed E-state index contributed by atoms with van der Waals surface area (Å²) in [6, 6.07) is 15.0. The number of hydrogen-bond acceptors (Lipinski definition) is 7. The summed E-state index contributed by atoms with van der Waals surface area (Å²) in [6.45, 7) is 0.282. The molecule has 5 rings (SSSR count). The standard InChI is InChI=1S/C27H25ClN6O4S.ClH/c28-25-21(3-1-13-31-25)27(36)32-17-6-4-16-5-11-20-23(26(30)35)33-34(24(20)22(16)15-17)18-7-9-19(10-8-18)39(37,38)14-2-12-29;/h1,3-4,6-10,13,15H,2,5,11-12,14,29H2,(H2,30,35)(H,32,36);1H. The van der Waals surface area contributed by atoms with Crippen molar-refractivity contribution < 1.29 is 18.0 Å². The number of anilines is 1. The summed E-state index contributed by atoms with van der Waals surface area (Å²) in [5.41, 5.74) is 15.7. The Morgan fingerprint density at radius 1 is 1.07 bits per heavy atom. The Hall–Kier alpha value is -3.77. The predicted molar refractivity (Wildman–Crippen MR) is 155 cm³/mol. The molecule has 2 heterocycles. The third-order valence-electron chi connectivity index (χ3n) is 6.55. The van der Waals surface area contributed by atoms with E-state index in [2.05, 4.69) is 15.4 Å². The number of fused-ring (bicyclic) bond motifs is 3. The van der Waals surface area contributed by atoms with Crippen LogP contribution in [0.1, 0.15) is 38.4 Å². The van der Waals surface area contributed by atoms with Gasteiger partial charge in [-0.05, 0) is 79.9 Å². The highest BCUT2D eigenvalue weighted by molar-refractivity contribution is 7.91. The van der Waals surface area contributed by atoms with Gasteiger partial charge in [-0.3, -0.25) is 9.59 Å². The molecule has 13 heteroatoms. The van der Waals surface area contributed by atoms with E-state index in [0.29, 0.717) is 41.9 Å². The van der Waals surface area contributed by atoms with Gasteiger partial charge in [-0.15, -0.1) is 12.4 Å². The van der Waals surface area contributed by atoms with Gasteiger partial charge in [0.1, 0.15) is 5.15 Å². The van der Waals surface area contributed by atoms with Crippen LogP contribution in [0.5, 0.6) is 0 Å². The van der Waals surface area contributed by atoms with Gasteiger partial charge in [0, 0.05) is 23.0 Å². The molecule has 0 aliphatic heterocycles. The molecule has 2 aromatic heterocycles. The first-order valence-corrected chi connectivity index (χ1v) is 14.2. The molecule has 0 radical (unpaired) electrons. The van der Waals surface area contributed by atoms with Crippen LogP contribution in [0.25, 0.3) is 16.9 Å². The van der Waals surface area contributed by atoms with E-state index in [1.54, 1.807) is 35.0 Å². The molecule has 2 aromatic carbocycles. The number of aromatic nitrogens is 3. The number of aryl methyl sites for hydroxylation is 1. The van der Waals surface area contributed by atoms with Gasteiger partial charge in [0.2, 0.25) is 0 Å². The molecule has 4 aromatic rings. The summed E-state index contributed by atoms with van der Waals surface area (Å²) < 4.78 is 26.8. The Bertz CT molecular complexity index is 1700. The van der Waals surface area contributed by atoms with Crippen LogP contribution in [0.3, 0.4) is 0 Å². The molecule has 208 valence electrons. The Morgan fingerprint density at radius 2 is 1.82 bits per heavy atom. The van der Waals surface area contributed by atoms with Gasteiger partial charge >= 0.3 is 0 Å². The predicted octanol–water partition coefficient (Wildman–Crippen LogP) is 3.58. The second kappa shape index (κ2) is 11.8. The quantitative estimate of drug-likeness (QED) is 0.260. The van der Waals surface area contributed by atoms with Crippen molar-refractivity contribution in [2.45, 2.75) is 24.2 Å². The number of rotatable bonds is 8. The fourth-order valence-electron chi connectivity index (χ4n) is 4.64. The van der Waals surface area contributed by atoms with E-state index in [1.807, 2.05) is 12.1 Å². The van der Waals surface area contributed by atoms with Crippen molar-refractivity contribution in [1.29, 1.82) is 0 Å². The number of halogens is 2. The van der Waals surface area contributed by atoms with Crippen molar-refractivity contribution in [3.05, 3.63) is 88.3 Å². The van der Waals surface area contributed by atoms with Crippen LogP contribution >= 0.6 is 24.0 Å². The second-order valence-corrected chi connectivity index (χ2v) is 11.5. The third kappa shape index (κ3) is 5.59. The molecule has 1 aliphatic carbocycles. The normalized spacial score (nSPS) is 12.2. The number of nitrogens with two attached hydrogens (primary N) is 2. The number of hydrogen-bond donors (Lipinski definition) is 3. The Balaban J connectivity index is 0.00000370. The summed E-state index contributed by atoms with van der Waals surface area (Å²) in [4.78, 5) is 29.3. The molecule has 2 amide bonds. The lowest BCUT2D eigenvalue weighted by Crippen LogP contribution is -2.16. The van der Waals surface area contributed by atoms with E-state index in [4.69, 9.17) is 23.1 Å². The largest absolute Gasteiger partial charge is 0.364 e. The molecule has 0 atom stereocenters. The first-order chi connectivity index (χ1) is 18.7. The number of primary amides is 1. The van der Waals surface area contributed by atoms with Gasteiger partial charge in [-0.2, -0.15) is 5.10 Å². The number of nitrogens with one attached hydrogen (secondary N) is 1. The molecule has 40 heavy (non-hydrogen) atoms. The minimum Gasteiger partial charge on any atom is -0.364 e. The highest BCUT2D eigenvalue weighted by atomic mass is 35.5. The Morgan fingerprint density at radius 3 is 2.50 bits per heavy atom. The monoisotopic (exact) mass is 600 g/mol. The Kier molecular flexibility index (Phi) is 8.59. The van der Waals surface area contributed by atoms with E-state index >= 15 is 0 Å². The lowest BCUT2D eigenvalue weighted by atomic mass is 9.88. The highest BCUT2D eigenvalue weighted by Crippen LogP contribution is 2.38. The molecule has 0 saturated carbocycles. The molecule has 1 aliphatic rings. The Labute approximate surface area is 242 Å². The third-order valence-corrected chi connectivity index (χ3v) is 8.66. The van der Waals surface area contributed by atoms with E-state index in [9.17, 15) is 18.0 Å². The lowest BCUT2D eigenvalue weighted by Gasteiger charge is -2.20. The summed E-state index contributed by atoms with van der Waals surface area (Å²) in [6.07, 6.45) is 3.05. The highest BCUT2D eigenvalue weighted by Gasteiger charge is 2.29. The number of benzene rings is 2. The van der Waals surface area contributed by atoms with Crippen molar-refractivity contribution in [2.75, 3.05) is 17.6 Å². The van der Waals surface area contributed by atoms with Gasteiger partial charge in [0.25, 0.3) is 11.8 Å². The first-order valence-electron chi connectivity index (χ1n) is 12.2. The lowest BCUT2D eigenvalue weighted by molar-refractivity contribution is 0.0992. The number of sulfone groups is 1. The topological polar surface area (TPSA) is 163 Å². The van der Waals surface area contributed by atoms with Gasteiger partial charge in [0.05, 0.1) is 27.6 Å². The summed E-state index contributed by atoms with van der Waals surface area (Å²) in [5.74, 6) is -1.12. The number of carbonyl (C=O) groups excluding carboxylic acids is 2. The van der Waals surface area contributed by atoms with Crippen LogP contribution in [-0.4, -0.2) is 47.3 Å². The molecule has 0 saturated heterocycles. The summed E-state index contributed by atoms with van der Waals surface area (Å²) in [7, 11) is -3.48. The number of amides is 2. The molecule has 0 fully saturated rings. The van der Waals surface area contributed by atoms with Gasteiger partial charge in [-0.25, -0.2) is 18.1 Å². The second-order valence-electron chi connectivity index (χ2n) is 9.07. The fraction of sp³-hybridized carbons (Fsp3) is 0.185. The van der Waals surface area contributed by atoms with Gasteiger partial charge in [-0.1, -0.05) is 17.7 Å². The maximum atomic E-state index is 12.8. The maximum Gasteiger partial charge on any atom is 0.269 e. The molecule has 5 N–H and O–H groups in total. The number of nitrogens with zero attached hydrogens (tertiary/aromatic N) is 3. The average Bonchev–Trinajstić information content (AvgIpc) is 3.33. The summed E-state index contributed by atoms with van der Waals surface area (Å²) >= 11 is 6.08. The van der Waals surface area contributed by atoms with Crippen LogP contribution in [0.15, 0.2) is 65.7 Å². The van der Waals surface area contributed by atoms with E-state index in [-0.39, 0.29) is 46.0 Å². The molecule has 0 spiro atoms. The number of carbonyl (C=O) groups is 2. The fourth-order valence-corrected chi connectivity index (χ4v) is 6.18. The van der Waals surface area contributed by atoms with E-state index in [0.717, 1.165) is 11.1 Å². The average molecular weight is 602 g/mol. The van der Waals surface area contributed by atoms with Crippen LogP contribution in [0.4, 0.5) is 5.69 Å². The molecular formula is C27H26Cl2N6O4S. The molecular weight excluding hydrogens is 575 g/mol. The van der Waals surface area contributed by atoms with Crippen molar-refractivity contribution in [2.24, 2.45) is 11.5 Å². The summed E-state index contributed by atoms with van der Waals surface area (Å²) in [5, 5.41) is 7.45. The van der Waals surface area contributed by atoms with Gasteiger partial charge in [0.15, 0.2) is 15.5 Å². The minimum atomic E-state index is -3.48. The van der Waals surface area contributed by atoms with Crippen LogP contribution in [0, 0.1) is 0 Å². The minimum absolute atomic E-state index is 0. The van der Waals surface area contributed by atoms with Crippen LogP contribution in [-0.2, 0) is 22.7 Å². The van der Waals surface area contributed by atoms with Crippen molar-refractivity contribution >= 4 is 51.3 Å². The van der Waals surface area contributed by atoms with E-state index < -0.39 is 21.7 Å². The van der Waals surface area contributed by atoms with E-state index in [1.165, 1.54) is 18.3 Å². The van der Waals surface area contributed by atoms with Crippen molar-refractivity contribution in [3.8, 4) is 16.9 Å². The van der Waals surface area contributed by atoms with Gasteiger partial charge < -0.3 is 16.8 Å². The zero-order chi connectivity index (χ0) is 27.7. The smallest absolute Gasteiger partial charge is 0.269 e. The van der Waals surface area contributed by atoms with Crippen molar-refractivity contribution in [3.63, 3.8) is 0 Å². The van der Waals surface area contributed by atoms with Crippen molar-refractivity contribution in [1.82, 2.24) is 14.8 Å². The maximum absolute atomic E-state index is 12.8. The first kappa shape index (κ1) is 29.2. The number of pyridine rings is 1. The SMILES string of the molecule is Cl.NCCCS(=O)(=O)c1ccc(-n2nc(C(N)=O)c3c2-c2cc(NC(=O)c4cccnc4Cl)ccc2CC3)cc1. The zero-order valence-corrected chi connectivity index (χ0v) is 23.5. The van der Waals surface area contributed by atoms with Crippen LogP contribution < -0.4 is 16.8 Å². The molecule has 10 nitrogen and oxygen atoms in total.